The molecule has 1 saturated carbocycles. The Morgan fingerprint density at radius 3 is 2.73 bits per heavy atom. The molecule has 0 spiro atoms. The molecule has 0 unspecified atom stereocenters. The molecule has 0 saturated heterocycles. The standard InChI is InChI=1S/C12H12BrNO/c13-10-3-1-2-4-11(10)15-9-12(5-6-12)7-8-14/h1-4H,5-7,9H2. The lowest BCUT2D eigenvalue weighted by molar-refractivity contribution is 0.235. The zero-order chi connectivity index (χ0) is 10.7. The number of hydrogen-bond acceptors (Lipinski definition) is 2. The van der Waals surface area contributed by atoms with Gasteiger partial charge >= 0.3 is 0 Å². The monoisotopic (exact) mass is 265 g/mol. The van der Waals surface area contributed by atoms with E-state index in [9.17, 15) is 0 Å². The number of halogens is 1. The zero-order valence-electron chi connectivity index (χ0n) is 8.37. The first kappa shape index (κ1) is 10.5. The lowest BCUT2D eigenvalue weighted by Crippen LogP contribution is -2.12. The van der Waals surface area contributed by atoms with Gasteiger partial charge in [-0.05, 0) is 40.9 Å². The van der Waals surface area contributed by atoms with Crippen molar-refractivity contribution in [1.29, 1.82) is 5.26 Å². The van der Waals surface area contributed by atoms with Gasteiger partial charge in [-0.2, -0.15) is 5.26 Å². The molecule has 1 fully saturated rings. The first-order chi connectivity index (χ1) is 7.26. The van der Waals surface area contributed by atoms with Gasteiger partial charge in [0.25, 0.3) is 0 Å². The summed E-state index contributed by atoms with van der Waals surface area (Å²) in [5.74, 6) is 0.863. The van der Waals surface area contributed by atoms with Gasteiger partial charge in [-0.25, -0.2) is 0 Å². The summed E-state index contributed by atoms with van der Waals surface area (Å²) in [5, 5.41) is 8.68. The Morgan fingerprint density at radius 2 is 2.13 bits per heavy atom. The van der Waals surface area contributed by atoms with Crippen LogP contribution >= 0.6 is 15.9 Å². The van der Waals surface area contributed by atoms with Crippen LogP contribution in [0.1, 0.15) is 19.3 Å². The van der Waals surface area contributed by atoms with E-state index in [1.165, 1.54) is 0 Å². The molecule has 1 aliphatic rings. The minimum absolute atomic E-state index is 0.143. The number of rotatable bonds is 4. The Morgan fingerprint density at radius 1 is 1.40 bits per heavy atom. The van der Waals surface area contributed by atoms with Crippen LogP contribution < -0.4 is 4.74 Å². The topological polar surface area (TPSA) is 33.0 Å². The predicted molar refractivity (Wildman–Crippen MR) is 61.5 cm³/mol. The van der Waals surface area contributed by atoms with Crippen LogP contribution in [-0.4, -0.2) is 6.61 Å². The van der Waals surface area contributed by atoms with Crippen LogP contribution in [0.2, 0.25) is 0 Å². The van der Waals surface area contributed by atoms with Crippen molar-refractivity contribution in [1.82, 2.24) is 0 Å². The summed E-state index contributed by atoms with van der Waals surface area (Å²) in [6.45, 7) is 0.656. The Hall–Kier alpha value is -1.01. The second kappa shape index (κ2) is 4.24. The smallest absolute Gasteiger partial charge is 0.133 e. The fourth-order valence-corrected chi connectivity index (χ4v) is 1.91. The molecule has 0 aromatic heterocycles. The summed E-state index contributed by atoms with van der Waals surface area (Å²) in [7, 11) is 0. The van der Waals surface area contributed by atoms with Gasteiger partial charge in [0, 0.05) is 11.8 Å². The van der Waals surface area contributed by atoms with E-state index in [4.69, 9.17) is 10.00 Å². The second-order valence-corrected chi connectivity index (χ2v) is 4.91. The van der Waals surface area contributed by atoms with Crippen molar-refractivity contribution in [2.75, 3.05) is 6.61 Å². The van der Waals surface area contributed by atoms with E-state index in [0.29, 0.717) is 13.0 Å². The molecule has 1 aromatic carbocycles. The van der Waals surface area contributed by atoms with E-state index >= 15 is 0 Å². The normalized spacial score (nSPS) is 16.8. The molecule has 78 valence electrons. The molecule has 0 N–H and O–H groups in total. The number of nitrogens with zero attached hydrogens (tertiary/aromatic N) is 1. The molecule has 15 heavy (non-hydrogen) atoms. The number of nitriles is 1. The Kier molecular flexibility index (Phi) is 2.97. The maximum absolute atomic E-state index is 8.68. The number of ether oxygens (including phenoxy) is 1. The molecular formula is C12H12BrNO. The van der Waals surface area contributed by atoms with Gasteiger partial charge < -0.3 is 4.74 Å². The average Bonchev–Trinajstić information content (AvgIpc) is 2.98. The van der Waals surface area contributed by atoms with Crippen LogP contribution in [0.5, 0.6) is 5.75 Å². The van der Waals surface area contributed by atoms with Crippen molar-refractivity contribution in [2.24, 2.45) is 5.41 Å². The van der Waals surface area contributed by atoms with Gasteiger partial charge in [-0.15, -0.1) is 0 Å². The van der Waals surface area contributed by atoms with Gasteiger partial charge in [0.05, 0.1) is 17.1 Å². The fraction of sp³-hybridized carbons (Fsp3) is 0.417. The van der Waals surface area contributed by atoms with Gasteiger partial charge in [0.2, 0.25) is 0 Å². The summed E-state index contributed by atoms with van der Waals surface area (Å²) in [4.78, 5) is 0. The van der Waals surface area contributed by atoms with Crippen molar-refractivity contribution in [3.63, 3.8) is 0 Å². The Labute approximate surface area is 98.0 Å². The number of benzene rings is 1. The van der Waals surface area contributed by atoms with Crippen LogP contribution in [0.25, 0.3) is 0 Å². The van der Waals surface area contributed by atoms with E-state index < -0.39 is 0 Å². The van der Waals surface area contributed by atoms with Crippen molar-refractivity contribution in [3.05, 3.63) is 28.7 Å². The molecule has 0 amide bonds. The van der Waals surface area contributed by atoms with Crippen molar-refractivity contribution in [3.8, 4) is 11.8 Å². The van der Waals surface area contributed by atoms with E-state index in [1.807, 2.05) is 24.3 Å². The third-order valence-electron chi connectivity index (χ3n) is 2.78. The number of hydrogen-bond donors (Lipinski definition) is 0. The van der Waals surface area contributed by atoms with Crippen LogP contribution in [0, 0.1) is 16.7 Å². The Bertz CT molecular complexity index is 393. The maximum atomic E-state index is 8.68. The second-order valence-electron chi connectivity index (χ2n) is 4.05. The highest BCUT2D eigenvalue weighted by molar-refractivity contribution is 9.10. The lowest BCUT2D eigenvalue weighted by atomic mass is 10.1. The van der Waals surface area contributed by atoms with E-state index in [-0.39, 0.29) is 5.41 Å². The quantitative estimate of drug-likeness (QED) is 0.835. The van der Waals surface area contributed by atoms with E-state index in [1.54, 1.807) is 0 Å². The lowest BCUT2D eigenvalue weighted by Gasteiger charge is -2.13. The van der Waals surface area contributed by atoms with Crippen molar-refractivity contribution < 1.29 is 4.74 Å². The summed E-state index contributed by atoms with van der Waals surface area (Å²) in [5.41, 5.74) is 0.143. The first-order valence-corrected chi connectivity index (χ1v) is 5.79. The van der Waals surface area contributed by atoms with Crippen LogP contribution in [0.3, 0.4) is 0 Å². The van der Waals surface area contributed by atoms with Gasteiger partial charge in [-0.3, -0.25) is 0 Å². The minimum atomic E-state index is 0.143. The largest absolute Gasteiger partial charge is 0.492 e. The molecule has 0 bridgehead atoms. The molecule has 0 aliphatic heterocycles. The molecule has 1 aromatic rings. The summed E-state index contributed by atoms with van der Waals surface area (Å²) in [6.07, 6.45) is 2.84. The highest BCUT2D eigenvalue weighted by atomic mass is 79.9. The minimum Gasteiger partial charge on any atom is -0.492 e. The fourth-order valence-electron chi connectivity index (χ4n) is 1.51. The highest BCUT2D eigenvalue weighted by Crippen LogP contribution is 2.48. The molecule has 3 heteroatoms. The molecule has 2 rings (SSSR count). The third-order valence-corrected chi connectivity index (χ3v) is 3.44. The molecule has 0 radical (unpaired) electrons. The molecule has 1 aliphatic carbocycles. The SMILES string of the molecule is N#CCC1(COc2ccccc2Br)CC1. The zero-order valence-corrected chi connectivity index (χ0v) is 9.96. The first-order valence-electron chi connectivity index (χ1n) is 5.00. The van der Waals surface area contributed by atoms with Crippen LogP contribution in [0.4, 0.5) is 0 Å². The van der Waals surface area contributed by atoms with Gasteiger partial charge in [0.1, 0.15) is 5.75 Å². The third kappa shape index (κ3) is 2.51. The predicted octanol–water partition coefficient (Wildman–Crippen LogP) is 3.52. The van der Waals surface area contributed by atoms with E-state index in [2.05, 4.69) is 22.0 Å². The maximum Gasteiger partial charge on any atom is 0.133 e. The van der Waals surface area contributed by atoms with Crippen LogP contribution in [-0.2, 0) is 0 Å². The number of para-hydroxylation sites is 1. The molecule has 0 atom stereocenters. The summed E-state index contributed by atoms with van der Waals surface area (Å²) in [6, 6.07) is 10.0. The average molecular weight is 266 g/mol. The van der Waals surface area contributed by atoms with Crippen molar-refractivity contribution >= 4 is 15.9 Å². The van der Waals surface area contributed by atoms with Crippen molar-refractivity contribution in [2.45, 2.75) is 19.3 Å². The molecular weight excluding hydrogens is 254 g/mol. The van der Waals surface area contributed by atoms with E-state index in [0.717, 1.165) is 23.1 Å². The van der Waals surface area contributed by atoms with Gasteiger partial charge in [-0.1, -0.05) is 12.1 Å². The Balaban J connectivity index is 1.94. The summed E-state index contributed by atoms with van der Waals surface area (Å²) >= 11 is 3.43. The van der Waals surface area contributed by atoms with Gasteiger partial charge in [0.15, 0.2) is 0 Å². The molecule has 2 nitrogen and oxygen atoms in total. The summed E-state index contributed by atoms with van der Waals surface area (Å²) < 4.78 is 6.69. The highest BCUT2D eigenvalue weighted by Gasteiger charge is 2.43. The van der Waals surface area contributed by atoms with Crippen LogP contribution in [0.15, 0.2) is 28.7 Å². The molecule has 0 heterocycles.